The molecule has 0 saturated heterocycles. The monoisotopic (exact) mass is 252 g/mol. The number of nitrogens with one attached hydrogen (secondary N) is 1. The van der Waals surface area contributed by atoms with Gasteiger partial charge in [0.15, 0.2) is 5.82 Å². The highest BCUT2D eigenvalue weighted by Gasteiger charge is 1.95. The summed E-state index contributed by atoms with van der Waals surface area (Å²) in [6.45, 7) is 0. The Morgan fingerprint density at radius 3 is 2.00 bits per heavy atom. The molecule has 0 spiro atoms. The van der Waals surface area contributed by atoms with Gasteiger partial charge in [-0.1, -0.05) is 30.3 Å². The highest BCUT2D eigenvalue weighted by molar-refractivity contribution is 5.53. The van der Waals surface area contributed by atoms with Crippen LogP contribution >= 0.6 is 0 Å². The number of benzene rings is 1. The van der Waals surface area contributed by atoms with E-state index >= 15 is 0 Å². The molecule has 5 heteroatoms. The van der Waals surface area contributed by atoms with Gasteiger partial charge in [-0.2, -0.15) is 0 Å². The maximum atomic E-state index is 10.1. The molecule has 1 N–H and O–H groups in total. The van der Waals surface area contributed by atoms with Gasteiger partial charge in [-0.15, -0.1) is 0 Å². The number of aromatic nitrogens is 4. The molecule has 0 amide bonds. The Morgan fingerprint density at radius 1 is 0.789 bits per heavy atom. The summed E-state index contributed by atoms with van der Waals surface area (Å²) in [7, 11) is 0. The van der Waals surface area contributed by atoms with Gasteiger partial charge in [0.25, 0.3) is 0 Å². The third-order valence-corrected chi connectivity index (χ3v) is 2.18. The lowest BCUT2D eigenvalue weighted by atomic mass is 10.2. The lowest BCUT2D eigenvalue weighted by Gasteiger charge is -1.96. The Hall–Kier alpha value is -2.82. The van der Waals surface area contributed by atoms with Crippen molar-refractivity contribution in [1.29, 1.82) is 0 Å². The zero-order valence-corrected chi connectivity index (χ0v) is 10.1. The lowest BCUT2D eigenvalue weighted by molar-refractivity contribution is 1.08. The van der Waals surface area contributed by atoms with Crippen LogP contribution in [0, 0.1) is 0 Å². The van der Waals surface area contributed by atoms with Crippen LogP contribution < -0.4 is 5.69 Å². The summed E-state index contributed by atoms with van der Waals surface area (Å²) in [6, 6.07) is 13.4. The van der Waals surface area contributed by atoms with Crippen molar-refractivity contribution in [3.05, 3.63) is 77.7 Å². The highest BCUT2D eigenvalue weighted by Crippen LogP contribution is 2.11. The standard InChI is InChI=1S/C10H8N2.C4H4N2O/c1-2-5-9(6-3-1)10-11-7-4-8-12-10;7-4-5-2-1-3-6-4/h1-8H;1-3H,(H,5,6,7). The number of H-pyrrole nitrogens is 1. The van der Waals surface area contributed by atoms with Crippen molar-refractivity contribution in [2.45, 2.75) is 0 Å². The summed E-state index contributed by atoms with van der Waals surface area (Å²) in [5, 5.41) is 0. The molecule has 0 aliphatic carbocycles. The van der Waals surface area contributed by atoms with E-state index in [2.05, 4.69) is 19.9 Å². The van der Waals surface area contributed by atoms with Gasteiger partial charge in [-0.05, 0) is 12.1 Å². The molecule has 2 heterocycles. The molecule has 3 rings (SSSR count). The van der Waals surface area contributed by atoms with Crippen LogP contribution in [0.4, 0.5) is 0 Å². The maximum Gasteiger partial charge on any atom is 0.344 e. The molecule has 0 bridgehead atoms. The average Bonchev–Trinajstić information content (AvgIpc) is 2.51. The van der Waals surface area contributed by atoms with E-state index in [1.807, 2.05) is 36.4 Å². The minimum Gasteiger partial charge on any atom is -0.313 e. The fourth-order valence-electron chi connectivity index (χ4n) is 1.35. The van der Waals surface area contributed by atoms with Crippen LogP contribution in [0.3, 0.4) is 0 Å². The topological polar surface area (TPSA) is 71.5 Å². The molecule has 5 nitrogen and oxygen atoms in total. The van der Waals surface area contributed by atoms with E-state index in [1.54, 1.807) is 18.5 Å². The summed E-state index contributed by atoms with van der Waals surface area (Å²) in [5.41, 5.74) is 0.751. The normalized spacial score (nSPS) is 9.26. The molecule has 0 radical (unpaired) electrons. The number of nitrogens with zero attached hydrogens (tertiary/aromatic N) is 3. The van der Waals surface area contributed by atoms with E-state index < -0.39 is 0 Å². The van der Waals surface area contributed by atoms with Gasteiger partial charge >= 0.3 is 5.69 Å². The van der Waals surface area contributed by atoms with E-state index in [4.69, 9.17) is 0 Å². The van der Waals surface area contributed by atoms with Crippen molar-refractivity contribution in [3.63, 3.8) is 0 Å². The van der Waals surface area contributed by atoms with Gasteiger partial charge in [-0.25, -0.2) is 19.7 Å². The Labute approximate surface area is 110 Å². The van der Waals surface area contributed by atoms with E-state index in [9.17, 15) is 4.79 Å². The third-order valence-electron chi connectivity index (χ3n) is 2.18. The van der Waals surface area contributed by atoms with Crippen molar-refractivity contribution in [1.82, 2.24) is 19.9 Å². The highest BCUT2D eigenvalue weighted by atomic mass is 16.1. The second-order valence-electron chi connectivity index (χ2n) is 3.53. The Bertz CT molecular complexity index is 598. The predicted octanol–water partition coefficient (Wildman–Crippen LogP) is 1.91. The van der Waals surface area contributed by atoms with Crippen molar-refractivity contribution in [2.24, 2.45) is 0 Å². The van der Waals surface area contributed by atoms with Gasteiger partial charge in [0.2, 0.25) is 0 Å². The quantitative estimate of drug-likeness (QED) is 0.718. The number of rotatable bonds is 1. The van der Waals surface area contributed by atoms with Crippen LogP contribution in [0.2, 0.25) is 0 Å². The Morgan fingerprint density at radius 2 is 1.47 bits per heavy atom. The number of aromatic amines is 1. The van der Waals surface area contributed by atoms with E-state index in [-0.39, 0.29) is 5.69 Å². The summed E-state index contributed by atoms with van der Waals surface area (Å²) >= 11 is 0. The average molecular weight is 252 g/mol. The van der Waals surface area contributed by atoms with Crippen molar-refractivity contribution < 1.29 is 0 Å². The first kappa shape index (κ1) is 12.6. The van der Waals surface area contributed by atoms with E-state index in [0.29, 0.717) is 0 Å². The molecule has 3 aromatic rings. The van der Waals surface area contributed by atoms with Gasteiger partial charge < -0.3 is 4.98 Å². The van der Waals surface area contributed by atoms with E-state index in [1.165, 1.54) is 12.4 Å². The molecule has 94 valence electrons. The third kappa shape index (κ3) is 4.16. The molecule has 1 aromatic carbocycles. The largest absolute Gasteiger partial charge is 0.344 e. The summed E-state index contributed by atoms with van der Waals surface area (Å²) in [4.78, 5) is 24.1. The molecule has 0 atom stereocenters. The number of hydrogen-bond acceptors (Lipinski definition) is 4. The molecule has 0 saturated carbocycles. The van der Waals surface area contributed by atoms with Gasteiger partial charge in [0, 0.05) is 30.4 Å². The van der Waals surface area contributed by atoms with Gasteiger partial charge in [0.1, 0.15) is 0 Å². The fraction of sp³-hybridized carbons (Fsp3) is 0. The molecular weight excluding hydrogens is 240 g/mol. The van der Waals surface area contributed by atoms with Crippen LogP contribution in [0.25, 0.3) is 11.4 Å². The first-order valence-electron chi connectivity index (χ1n) is 5.68. The Kier molecular flexibility index (Phi) is 4.52. The molecule has 0 aliphatic heterocycles. The second kappa shape index (κ2) is 6.80. The van der Waals surface area contributed by atoms with Crippen molar-refractivity contribution in [3.8, 4) is 11.4 Å². The molecule has 0 fully saturated rings. The van der Waals surface area contributed by atoms with Crippen LogP contribution in [-0.2, 0) is 0 Å². The van der Waals surface area contributed by atoms with Gasteiger partial charge in [-0.3, -0.25) is 0 Å². The zero-order chi connectivity index (χ0) is 13.3. The minimum absolute atomic E-state index is 0.303. The first-order chi connectivity index (χ1) is 9.36. The van der Waals surface area contributed by atoms with Crippen molar-refractivity contribution >= 4 is 0 Å². The lowest BCUT2D eigenvalue weighted by Crippen LogP contribution is -2.05. The predicted molar refractivity (Wildman–Crippen MR) is 72.3 cm³/mol. The molecule has 0 unspecified atom stereocenters. The maximum absolute atomic E-state index is 10.1. The Balaban J connectivity index is 0.000000163. The smallest absolute Gasteiger partial charge is 0.313 e. The summed E-state index contributed by atoms with van der Waals surface area (Å²) in [5.74, 6) is 0.776. The van der Waals surface area contributed by atoms with Gasteiger partial charge in [0.05, 0.1) is 0 Å². The summed E-state index contributed by atoms with van der Waals surface area (Å²) in [6.07, 6.45) is 6.47. The van der Waals surface area contributed by atoms with Crippen LogP contribution in [-0.4, -0.2) is 19.9 Å². The molecular formula is C14H12N4O. The van der Waals surface area contributed by atoms with Crippen LogP contribution in [0.1, 0.15) is 0 Å². The van der Waals surface area contributed by atoms with Crippen LogP contribution in [0.5, 0.6) is 0 Å². The van der Waals surface area contributed by atoms with Crippen LogP contribution in [0.15, 0.2) is 72.0 Å². The molecule has 0 aliphatic rings. The first-order valence-corrected chi connectivity index (χ1v) is 5.68. The molecule has 2 aromatic heterocycles. The number of hydrogen-bond donors (Lipinski definition) is 1. The van der Waals surface area contributed by atoms with Crippen molar-refractivity contribution in [2.75, 3.05) is 0 Å². The minimum atomic E-state index is -0.303. The summed E-state index contributed by atoms with van der Waals surface area (Å²) < 4.78 is 0. The van der Waals surface area contributed by atoms with E-state index in [0.717, 1.165) is 11.4 Å². The SMILES string of the molecule is O=c1nccc[nH]1.c1ccc(-c2ncccn2)cc1. The zero-order valence-electron chi connectivity index (χ0n) is 10.1. The molecule has 19 heavy (non-hydrogen) atoms. The second-order valence-corrected chi connectivity index (χ2v) is 3.53. The fourth-order valence-corrected chi connectivity index (χ4v) is 1.35.